The highest BCUT2D eigenvalue weighted by Gasteiger charge is 2.66. The number of allylic oxidation sites excluding steroid dienone is 3. The molecular weight excluding hydrogens is 412 g/mol. The van der Waals surface area contributed by atoms with E-state index < -0.39 is 5.60 Å². The van der Waals surface area contributed by atoms with Crippen LogP contribution in [0.3, 0.4) is 0 Å². The second-order valence-corrected chi connectivity index (χ2v) is 11.9. The second kappa shape index (κ2) is 9.01. The molecule has 8 atom stereocenters. The van der Waals surface area contributed by atoms with Crippen LogP contribution >= 0.6 is 0 Å². The quantitative estimate of drug-likeness (QED) is 0.249. The zero-order valence-electron chi connectivity index (χ0n) is 20.5. The van der Waals surface area contributed by atoms with E-state index in [4.69, 9.17) is 0 Å². The van der Waals surface area contributed by atoms with Crippen LogP contribution in [0.4, 0.5) is 0 Å². The van der Waals surface area contributed by atoms with Crippen molar-refractivity contribution in [2.75, 3.05) is 19.6 Å². The molecule has 0 aromatic heterocycles. The first kappa shape index (κ1) is 23.4. The van der Waals surface area contributed by atoms with Crippen LogP contribution in [-0.2, 0) is 0 Å². The lowest BCUT2D eigenvalue weighted by Gasteiger charge is -2.63. The maximum Gasteiger partial charge on any atom is 0.206 e. The first-order valence-corrected chi connectivity index (χ1v) is 13.4. The largest absolute Gasteiger partial charge is 0.393 e. The van der Waals surface area contributed by atoms with E-state index in [1.165, 1.54) is 12.8 Å². The number of guanidine groups is 1. The molecule has 5 rings (SSSR count). The van der Waals surface area contributed by atoms with E-state index in [0.717, 1.165) is 70.5 Å². The van der Waals surface area contributed by atoms with Crippen molar-refractivity contribution >= 4 is 5.96 Å². The van der Waals surface area contributed by atoms with Gasteiger partial charge in [-0.25, -0.2) is 5.43 Å². The number of hydrogen-bond acceptors (Lipinski definition) is 6. The molecule has 0 saturated heterocycles. The van der Waals surface area contributed by atoms with Crippen molar-refractivity contribution in [1.29, 1.82) is 0 Å². The number of nitrogens with one attached hydrogen (secondary N) is 3. The summed E-state index contributed by atoms with van der Waals surface area (Å²) in [5.74, 6) is 2.93. The summed E-state index contributed by atoms with van der Waals surface area (Å²) in [4.78, 5) is 4.29. The molecule has 1 heterocycles. The first-order valence-electron chi connectivity index (χ1n) is 13.4. The molecule has 33 heavy (non-hydrogen) atoms. The monoisotopic (exact) mass is 456 g/mol. The summed E-state index contributed by atoms with van der Waals surface area (Å²) in [5, 5.41) is 25.7. The predicted molar refractivity (Wildman–Crippen MR) is 132 cm³/mol. The van der Waals surface area contributed by atoms with Crippen molar-refractivity contribution in [2.45, 2.75) is 83.3 Å². The smallest absolute Gasteiger partial charge is 0.206 e. The Kier molecular flexibility index (Phi) is 6.38. The molecule has 0 unspecified atom stereocenters. The van der Waals surface area contributed by atoms with E-state index in [9.17, 15) is 10.2 Å². The number of nitrogens with zero attached hydrogens (tertiary/aromatic N) is 1. The van der Waals surface area contributed by atoms with Gasteiger partial charge in [0.25, 0.3) is 0 Å². The van der Waals surface area contributed by atoms with Crippen LogP contribution in [-0.4, -0.2) is 47.5 Å². The minimum Gasteiger partial charge on any atom is -0.393 e. The van der Waals surface area contributed by atoms with Gasteiger partial charge in [0.1, 0.15) is 0 Å². The van der Waals surface area contributed by atoms with Gasteiger partial charge in [0.2, 0.25) is 5.96 Å². The van der Waals surface area contributed by atoms with E-state index >= 15 is 0 Å². The standard InChI is InChI=1S/C27H44N4O2/c1-25-12-10-21(32)18-20(25)7-8-23-22(25)11-13-26(2)19(9-14-27(23,26)33)6-4-3-5-15-30-31-24-28-16-17-29-24/h3-6,19-23,30,32-33H,7-18H2,1-2H3,(H2,28,29,31)/b5-3+,6-4+/t19-,20+,21-,22-,23+,25-,26+,27-/m0/s1. The Balaban J connectivity index is 1.21. The van der Waals surface area contributed by atoms with E-state index in [1.54, 1.807) is 0 Å². The second-order valence-electron chi connectivity index (χ2n) is 11.9. The third-order valence-electron chi connectivity index (χ3n) is 10.6. The average molecular weight is 457 g/mol. The van der Waals surface area contributed by atoms with Gasteiger partial charge in [-0.05, 0) is 86.9 Å². The highest BCUT2D eigenvalue weighted by molar-refractivity contribution is 5.80. The zero-order chi connectivity index (χ0) is 23.1. The number of rotatable bonds is 5. The average Bonchev–Trinajstić information content (AvgIpc) is 3.40. The van der Waals surface area contributed by atoms with E-state index in [2.05, 4.69) is 59.3 Å². The minimum absolute atomic E-state index is 0.0258. The number of aliphatic imine (C=N–C) groups is 1. The summed E-state index contributed by atoms with van der Waals surface area (Å²) in [7, 11) is 0. The predicted octanol–water partition coefficient (Wildman–Crippen LogP) is 3.29. The molecule has 0 aromatic carbocycles. The molecular formula is C27H44N4O2. The Morgan fingerprint density at radius 1 is 1.06 bits per heavy atom. The van der Waals surface area contributed by atoms with Gasteiger partial charge >= 0.3 is 0 Å². The molecule has 184 valence electrons. The summed E-state index contributed by atoms with van der Waals surface area (Å²) in [6.45, 7) is 7.32. The number of hydrazine groups is 1. The summed E-state index contributed by atoms with van der Waals surface area (Å²) in [5.41, 5.74) is 5.97. The highest BCUT2D eigenvalue weighted by Crippen LogP contribution is 2.69. The molecule has 6 nitrogen and oxygen atoms in total. The molecule has 0 radical (unpaired) electrons. The Bertz CT molecular complexity index is 812. The summed E-state index contributed by atoms with van der Waals surface area (Å²) >= 11 is 0. The molecule has 0 spiro atoms. The van der Waals surface area contributed by atoms with Gasteiger partial charge < -0.3 is 15.5 Å². The van der Waals surface area contributed by atoms with Crippen molar-refractivity contribution in [3.63, 3.8) is 0 Å². The molecule has 4 aliphatic carbocycles. The molecule has 0 aromatic rings. The normalized spacial score (nSPS) is 47.2. The van der Waals surface area contributed by atoms with Gasteiger partial charge in [-0.1, -0.05) is 38.2 Å². The van der Waals surface area contributed by atoms with Crippen molar-refractivity contribution in [2.24, 2.45) is 39.5 Å². The van der Waals surface area contributed by atoms with Crippen LogP contribution in [0.15, 0.2) is 29.3 Å². The topological polar surface area (TPSA) is 88.9 Å². The lowest BCUT2D eigenvalue weighted by atomic mass is 9.43. The third-order valence-corrected chi connectivity index (χ3v) is 10.6. The fraction of sp³-hybridized carbons (Fsp3) is 0.815. The third kappa shape index (κ3) is 3.96. The number of aliphatic hydroxyl groups excluding tert-OH is 1. The molecule has 4 saturated carbocycles. The van der Waals surface area contributed by atoms with Crippen LogP contribution in [0.1, 0.15) is 71.6 Å². The van der Waals surface area contributed by atoms with Crippen molar-refractivity contribution in [3.05, 3.63) is 24.3 Å². The molecule has 0 amide bonds. The number of aliphatic hydroxyl groups is 2. The van der Waals surface area contributed by atoms with Gasteiger partial charge in [-0.15, -0.1) is 0 Å². The molecule has 4 fully saturated rings. The molecule has 5 aliphatic rings. The lowest BCUT2D eigenvalue weighted by Crippen LogP contribution is -2.62. The van der Waals surface area contributed by atoms with E-state index in [0.29, 0.717) is 29.1 Å². The van der Waals surface area contributed by atoms with E-state index in [-0.39, 0.29) is 11.5 Å². The van der Waals surface area contributed by atoms with Crippen LogP contribution in [0.25, 0.3) is 0 Å². The molecule has 6 heteroatoms. The number of fused-ring (bicyclic) bond motifs is 5. The Labute approximate surface area is 199 Å². The lowest BCUT2D eigenvalue weighted by molar-refractivity contribution is -0.207. The fourth-order valence-corrected chi connectivity index (χ4v) is 8.57. The zero-order valence-corrected chi connectivity index (χ0v) is 20.5. The van der Waals surface area contributed by atoms with Crippen LogP contribution in [0.5, 0.6) is 0 Å². The van der Waals surface area contributed by atoms with E-state index in [1.807, 2.05) is 0 Å². The molecule has 0 bridgehead atoms. The van der Waals surface area contributed by atoms with Gasteiger partial charge in [0.05, 0.1) is 18.2 Å². The van der Waals surface area contributed by atoms with Crippen molar-refractivity contribution < 1.29 is 10.2 Å². The molecule has 5 N–H and O–H groups in total. The Morgan fingerprint density at radius 3 is 2.76 bits per heavy atom. The van der Waals surface area contributed by atoms with Crippen molar-refractivity contribution in [3.8, 4) is 0 Å². The Morgan fingerprint density at radius 2 is 1.94 bits per heavy atom. The highest BCUT2D eigenvalue weighted by atomic mass is 16.3. The minimum atomic E-state index is -0.542. The first-order chi connectivity index (χ1) is 15.9. The van der Waals surface area contributed by atoms with Crippen LogP contribution < -0.4 is 16.2 Å². The maximum absolute atomic E-state index is 12.2. The summed E-state index contributed by atoms with van der Waals surface area (Å²) < 4.78 is 0. The van der Waals surface area contributed by atoms with Gasteiger partial charge in [-0.2, -0.15) is 0 Å². The Hall–Kier alpha value is -1.37. The maximum atomic E-state index is 12.2. The van der Waals surface area contributed by atoms with Gasteiger partial charge in [0, 0.05) is 18.5 Å². The van der Waals surface area contributed by atoms with Crippen molar-refractivity contribution in [1.82, 2.24) is 16.2 Å². The summed E-state index contributed by atoms with van der Waals surface area (Å²) in [6, 6.07) is 0. The summed E-state index contributed by atoms with van der Waals surface area (Å²) in [6.07, 6.45) is 18.4. The number of hydrogen-bond donors (Lipinski definition) is 5. The van der Waals surface area contributed by atoms with Crippen LogP contribution in [0, 0.1) is 34.5 Å². The molecule has 1 aliphatic heterocycles. The SMILES string of the molecule is C[C@]12CC[C@H](O)C[C@H]1CC[C@@H]1[C@@H]2CC[C@]2(C)[C@@H](/C=C/C=C/CNNC3=NCCN3)CC[C@]12O. The van der Waals surface area contributed by atoms with Gasteiger partial charge in [-0.3, -0.25) is 10.4 Å². The van der Waals surface area contributed by atoms with Gasteiger partial charge in [0.15, 0.2) is 0 Å². The van der Waals surface area contributed by atoms with Crippen LogP contribution in [0.2, 0.25) is 0 Å². The fourth-order valence-electron chi connectivity index (χ4n) is 8.57.